The van der Waals surface area contributed by atoms with Gasteiger partial charge in [0.25, 0.3) is 23.6 Å². The van der Waals surface area contributed by atoms with E-state index < -0.39 is 65.0 Å². The summed E-state index contributed by atoms with van der Waals surface area (Å²) >= 11 is 0. The second kappa shape index (κ2) is 15.8. The van der Waals surface area contributed by atoms with Gasteiger partial charge in [0.05, 0.1) is 41.6 Å². The van der Waals surface area contributed by atoms with Crippen LogP contribution < -0.4 is 25.4 Å². The SMILES string of the molecule is COc1cc(C(=O)NC2CCN(Cc3ccc4c(c3)C(=O)N(N3CCC(=O)NC3=O)C4=O)CC2)c(F)cc1Nc1ncc(C(F)(F)F)c(Oc2cccc3c2C(=O)N(C)C3)n1. The summed E-state index contributed by atoms with van der Waals surface area (Å²) in [5, 5.41) is 9.24. The molecule has 21 heteroatoms. The Bertz CT molecular complexity index is 2530. The van der Waals surface area contributed by atoms with E-state index in [-0.39, 0.29) is 65.0 Å². The summed E-state index contributed by atoms with van der Waals surface area (Å²) < 4.78 is 68.6. The van der Waals surface area contributed by atoms with E-state index >= 15 is 4.39 Å². The molecule has 61 heavy (non-hydrogen) atoms. The van der Waals surface area contributed by atoms with Crippen molar-refractivity contribution < 1.29 is 55.8 Å². The highest BCUT2D eigenvalue weighted by Crippen LogP contribution is 2.40. The topological polar surface area (TPSA) is 196 Å². The van der Waals surface area contributed by atoms with E-state index in [1.54, 1.807) is 25.2 Å². The molecule has 0 atom stereocenters. The van der Waals surface area contributed by atoms with Crippen LogP contribution in [0.25, 0.3) is 0 Å². The number of aromatic nitrogens is 2. The maximum Gasteiger partial charge on any atom is 0.423 e. The predicted molar refractivity (Wildman–Crippen MR) is 203 cm³/mol. The van der Waals surface area contributed by atoms with Crippen LogP contribution in [0.4, 0.5) is 34.0 Å². The number of piperidine rings is 1. The molecule has 2 fully saturated rings. The lowest BCUT2D eigenvalue weighted by atomic mass is 10.0. The number of halogens is 4. The van der Waals surface area contributed by atoms with Crippen molar-refractivity contribution in [2.45, 2.75) is 44.6 Å². The fourth-order valence-electron chi connectivity index (χ4n) is 7.57. The van der Waals surface area contributed by atoms with Gasteiger partial charge in [0, 0.05) is 58.0 Å². The van der Waals surface area contributed by atoms with Crippen LogP contribution in [-0.2, 0) is 24.1 Å². The van der Waals surface area contributed by atoms with Crippen LogP contribution >= 0.6 is 0 Å². The molecule has 3 N–H and O–H groups in total. The summed E-state index contributed by atoms with van der Waals surface area (Å²) in [6, 6.07) is 10.3. The van der Waals surface area contributed by atoms with Crippen LogP contribution in [0.3, 0.4) is 0 Å². The second-order valence-corrected chi connectivity index (χ2v) is 14.7. The number of fused-ring (bicyclic) bond motifs is 2. The maximum atomic E-state index is 15.6. The number of hydrogen-bond donors (Lipinski definition) is 3. The van der Waals surface area contributed by atoms with E-state index in [1.165, 1.54) is 30.2 Å². The normalized spacial score (nSPS) is 17.1. The van der Waals surface area contributed by atoms with Gasteiger partial charge in [-0.3, -0.25) is 34.2 Å². The van der Waals surface area contributed by atoms with Crippen LogP contribution in [0, 0.1) is 5.82 Å². The number of likely N-dealkylation sites (tertiary alicyclic amines) is 1. The third kappa shape index (κ3) is 7.86. The molecule has 7 amide bonds. The van der Waals surface area contributed by atoms with Gasteiger partial charge in [-0.25, -0.2) is 19.2 Å². The number of ether oxygens (including phenoxy) is 2. The molecule has 1 aromatic heterocycles. The van der Waals surface area contributed by atoms with Crippen LogP contribution in [0.15, 0.2) is 54.7 Å². The van der Waals surface area contributed by atoms with Crippen molar-refractivity contribution >= 4 is 47.2 Å². The monoisotopic (exact) mass is 845 g/mol. The Morgan fingerprint density at radius 1 is 0.951 bits per heavy atom. The molecule has 2 saturated heterocycles. The molecule has 0 spiro atoms. The molecular formula is C40H35F4N9O8. The van der Waals surface area contributed by atoms with E-state index in [9.17, 15) is 41.9 Å². The molecule has 0 unspecified atom stereocenters. The average Bonchev–Trinajstić information content (AvgIpc) is 3.64. The molecule has 0 radical (unpaired) electrons. The molecule has 17 nitrogen and oxygen atoms in total. The van der Waals surface area contributed by atoms with E-state index in [0.717, 1.165) is 27.7 Å². The maximum absolute atomic E-state index is 15.6. The number of benzene rings is 3. The van der Waals surface area contributed by atoms with Crippen molar-refractivity contribution in [3.63, 3.8) is 0 Å². The zero-order valence-electron chi connectivity index (χ0n) is 32.4. The highest BCUT2D eigenvalue weighted by molar-refractivity contribution is 6.22. The molecule has 0 aliphatic carbocycles. The fraction of sp³-hybridized carbons (Fsp3) is 0.300. The Balaban J connectivity index is 0.903. The average molecular weight is 846 g/mol. The standard InChI is InChI=1S/C40H35F4N9O8/c1-50-19-21-4-3-5-29(32(21)37(50)58)61-34-26(40(42,43)44)17-45-38(49-34)47-28-16-27(41)25(15-30(28)60-2)33(55)46-22-8-11-51(12-9-22)18-20-6-7-23-24(14-20)36(57)53(35(23)56)52-13-10-31(54)48-39(52)59/h3-7,14-17,22H,8-13,18-19H2,1-2H3,(H,46,55)(H,45,47,49)(H,48,54,59). The van der Waals surface area contributed by atoms with Gasteiger partial charge < -0.3 is 25.0 Å². The minimum atomic E-state index is -4.93. The van der Waals surface area contributed by atoms with Crippen molar-refractivity contribution in [2.24, 2.45) is 0 Å². The third-order valence-electron chi connectivity index (χ3n) is 10.7. The van der Waals surface area contributed by atoms with Gasteiger partial charge in [0.1, 0.15) is 22.9 Å². The molecular weight excluding hydrogens is 810 g/mol. The number of nitrogens with one attached hydrogen (secondary N) is 3. The number of hydrazine groups is 1. The van der Waals surface area contributed by atoms with Gasteiger partial charge in [-0.1, -0.05) is 18.2 Å². The van der Waals surface area contributed by atoms with Crippen molar-refractivity contribution in [3.8, 4) is 17.4 Å². The molecule has 4 aliphatic heterocycles. The first-order valence-electron chi connectivity index (χ1n) is 18.9. The third-order valence-corrected chi connectivity index (χ3v) is 10.7. The lowest BCUT2D eigenvalue weighted by Crippen LogP contribution is -2.58. The van der Waals surface area contributed by atoms with Crippen LogP contribution in [0.2, 0.25) is 0 Å². The van der Waals surface area contributed by atoms with E-state index in [2.05, 4.69) is 30.8 Å². The number of nitrogens with zero attached hydrogens (tertiary/aromatic N) is 6. The summed E-state index contributed by atoms with van der Waals surface area (Å²) in [5.41, 5.74) is -0.101. The fourth-order valence-corrected chi connectivity index (χ4v) is 7.57. The number of rotatable bonds is 10. The van der Waals surface area contributed by atoms with Crippen molar-refractivity contribution in [1.29, 1.82) is 0 Å². The number of urea groups is 1. The van der Waals surface area contributed by atoms with E-state index in [0.29, 0.717) is 44.2 Å². The second-order valence-electron chi connectivity index (χ2n) is 14.7. The zero-order valence-corrected chi connectivity index (χ0v) is 32.4. The first-order chi connectivity index (χ1) is 29.1. The molecule has 3 aromatic carbocycles. The molecule has 0 saturated carbocycles. The van der Waals surface area contributed by atoms with Gasteiger partial charge in [-0.05, 0) is 48.2 Å². The molecule has 0 bridgehead atoms. The lowest BCUT2D eigenvalue weighted by molar-refractivity contribution is -0.139. The summed E-state index contributed by atoms with van der Waals surface area (Å²) in [5.74, 6) is -5.49. The number of carbonyl (C=O) groups is 6. The number of amides is 7. The van der Waals surface area contributed by atoms with Crippen molar-refractivity contribution in [3.05, 3.63) is 99.5 Å². The zero-order chi connectivity index (χ0) is 43.3. The Kier molecular flexibility index (Phi) is 10.5. The summed E-state index contributed by atoms with van der Waals surface area (Å²) in [6.45, 7) is 1.59. The molecule has 8 rings (SSSR count). The molecule has 4 aliphatic rings. The van der Waals surface area contributed by atoms with Crippen LogP contribution in [0.5, 0.6) is 17.4 Å². The van der Waals surface area contributed by atoms with Gasteiger partial charge in [-0.2, -0.15) is 23.2 Å². The number of carbonyl (C=O) groups excluding carboxylic acids is 6. The number of hydrogen-bond acceptors (Lipinski definition) is 12. The van der Waals surface area contributed by atoms with Gasteiger partial charge in [-0.15, -0.1) is 0 Å². The molecule has 316 valence electrons. The van der Waals surface area contributed by atoms with Crippen molar-refractivity contribution in [1.82, 2.24) is 40.4 Å². The van der Waals surface area contributed by atoms with Gasteiger partial charge >= 0.3 is 12.2 Å². The largest absolute Gasteiger partial charge is 0.495 e. The Hall–Kier alpha value is -7.16. The van der Waals surface area contributed by atoms with Crippen LogP contribution in [0.1, 0.15) is 77.4 Å². The van der Waals surface area contributed by atoms with E-state index in [1.807, 2.05) is 0 Å². The number of anilines is 2. The first-order valence-corrected chi connectivity index (χ1v) is 18.9. The molecule has 5 heterocycles. The number of alkyl halides is 3. The summed E-state index contributed by atoms with van der Waals surface area (Å²) in [7, 11) is 2.80. The minimum Gasteiger partial charge on any atom is -0.495 e. The first kappa shape index (κ1) is 40.6. The van der Waals surface area contributed by atoms with Crippen molar-refractivity contribution in [2.75, 3.05) is 39.1 Å². The molecule has 4 aromatic rings. The van der Waals surface area contributed by atoms with Gasteiger partial charge in [0.15, 0.2) is 0 Å². The Morgan fingerprint density at radius 3 is 2.43 bits per heavy atom. The summed E-state index contributed by atoms with van der Waals surface area (Å²) in [6.07, 6.45) is -3.51. The predicted octanol–water partition coefficient (Wildman–Crippen LogP) is 4.61. The van der Waals surface area contributed by atoms with Crippen LogP contribution in [-0.4, -0.2) is 105 Å². The number of imide groups is 2. The van der Waals surface area contributed by atoms with E-state index in [4.69, 9.17) is 9.47 Å². The smallest absolute Gasteiger partial charge is 0.423 e. The summed E-state index contributed by atoms with van der Waals surface area (Å²) in [4.78, 5) is 87.3. The Labute approximate surface area is 343 Å². The lowest BCUT2D eigenvalue weighted by Gasteiger charge is -2.32. The number of methoxy groups -OCH3 is 1. The highest BCUT2D eigenvalue weighted by Gasteiger charge is 2.43. The Morgan fingerprint density at radius 2 is 1.70 bits per heavy atom. The van der Waals surface area contributed by atoms with Gasteiger partial charge in [0.2, 0.25) is 17.7 Å². The quantitative estimate of drug-likeness (QED) is 0.148. The highest BCUT2D eigenvalue weighted by atomic mass is 19.4. The minimum absolute atomic E-state index is 0.0474.